The van der Waals surface area contributed by atoms with Crippen LogP contribution in [0, 0.1) is 0 Å². The lowest BCUT2D eigenvalue weighted by atomic mass is 10.2. The van der Waals surface area contributed by atoms with Crippen molar-refractivity contribution >= 4 is 0 Å². The summed E-state index contributed by atoms with van der Waals surface area (Å²) in [5, 5.41) is 0. The summed E-state index contributed by atoms with van der Waals surface area (Å²) in [6, 6.07) is 9.77. The van der Waals surface area contributed by atoms with E-state index in [1.807, 2.05) is 37.4 Å². The topological polar surface area (TPSA) is 17.8 Å². The van der Waals surface area contributed by atoms with Crippen LogP contribution in [0.2, 0.25) is 0 Å². The molecule has 0 fully saturated rings. The molecule has 2 nitrogen and oxygen atoms in total. The van der Waals surface area contributed by atoms with E-state index in [9.17, 15) is 0 Å². The van der Waals surface area contributed by atoms with Crippen LogP contribution in [0.15, 0.2) is 42.8 Å². The molecule has 2 heteroatoms. The second kappa shape index (κ2) is 2.81. The average Bonchev–Trinajstić information content (AvgIpc) is 2.49. The quantitative estimate of drug-likeness (QED) is 0.623. The van der Waals surface area contributed by atoms with Gasteiger partial charge in [-0.2, -0.15) is 0 Å². The maximum absolute atomic E-state index is 7.71. The first-order valence-electron chi connectivity index (χ1n) is 4.32. The van der Waals surface area contributed by atoms with Crippen LogP contribution in [0.3, 0.4) is 0 Å². The normalized spacial score (nSPS) is 11.2. The Labute approximate surface area is 72.9 Å². The molecule has 60 valence electrons. The molecule has 2 rings (SSSR count). The molecule has 0 bridgehead atoms. The molecule has 0 saturated heterocycles. The van der Waals surface area contributed by atoms with Crippen LogP contribution in [0.1, 0.15) is 1.37 Å². The molecule has 0 unspecified atom stereocenters. The average molecular weight is 159 g/mol. The number of imidazole rings is 1. The Morgan fingerprint density at radius 1 is 1.33 bits per heavy atom. The van der Waals surface area contributed by atoms with Crippen LogP contribution in [0.5, 0.6) is 0 Å². The number of aromatic nitrogens is 2. The second-order valence-electron chi connectivity index (χ2n) is 2.68. The number of aryl methyl sites for hydroxylation is 1. The van der Waals surface area contributed by atoms with Crippen molar-refractivity contribution in [3.63, 3.8) is 0 Å². The minimum absolute atomic E-state index is 0.450. The minimum Gasteiger partial charge on any atom is -0.340 e. The predicted octanol–water partition coefficient (Wildman–Crippen LogP) is 2.09. The van der Waals surface area contributed by atoms with Gasteiger partial charge in [0, 0.05) is 18.8 Å². The standard InChI is InChI=1S/C10H10N2/c1-12-7-10(11-8-12)9-5-3-2-4-6-9/h2-8H,1H3/i7D. The Morgan fingerprint density at radius 3 is 2.67 bits per heavy atom. The van der Waals surface area contributed by atoms with Crippen molar-refractivity contribution in [2.24, 2.45) is 7.05 Å². The fourth-order valence-electron chi connectivity index (χ4n) is 1.10. The van der Waals surface area contributed by atoms with Crippen LogP contribution in [0.25, 0.3) is 11.3 Å². The van der Waals surface area contributed by atoms with Gasteiger partial charge in [0.05, 0.1) is 13.4 Å². The van der Waals surface area contributed by atoms with Gasteiger partial charge in [-0.05, 0) is 0 Å². The van der Waals surface area contributed by atoms with E-state index in [0.717, 1.165) is 11.3 Å². The number of hydrogen-bond acceptors (Lipinski definition) is 1. The summed E-state index contributed by atoms with van der Waals surface area (Å²) >= 11 is 0. The Bertz CT molecular complexity index is 406. The van der Waals surface area contributed by atoms with Gasteiger partial charge in [0.25, 0.3) is 0 Å². The minimum atomic E-state index is 0.450. The van der Waals surface area contributed by atoms with Gasteiger partial charge < -0.3 is 4.57 Å². The van der Waals surface area contributed by atoms with Gasteiger partial charge in [-0.25, -0.2) is 4.98 Å². The number of hydrogen-bond donors (Lipinski definition) is 0. The SMILES string of the molecule is [2H]c1c(-c2ccccc2)ncn1C. The van der Waals surface area contributed by atoms with E-state index in [4.69, 9.17) is 1.37 Å². The molecule has 0 saturated carbocycles. The third-order valence-electron chi connectivity index (χ3n) is 1.69. The molecule has 0 amide bonds. The maximum Gasteiger partial charge on any atom is 0.0951 e. The van der Waals surface area contributed by atoms with Crippen molar-refractivity contribution in [3.05, 3.63) is 42.8 Å². The summed E-state index contributed by atoms with van der Waals surface area (Å²) < 4.78 is 9.41. The largest absolute Gasteiger partial charge is 0.340 e. The molecule has 1 aromatic carbocycles. The molecule has 0 aliphatic carbocycles. The van der Waals surface area contributed by atoms with Crippen molar-refractivity contribution in [2.75, 3.05) is 0 Å². The molecule has 0 radical (unpaired) electrons. The van der Waals surface area contributed by atoms with E-state index in [-0.39, 0.29) is 0 Å². The highest BCUT2D eigenvalue weighted by atomic mass is 15.0. The van der Waals surface area contributed by atoms with E-state index in [0.29, 0.717) is 6.17 Å². The van der Waals surface area contributed by atoms with Crippen LogP contribution in [-0.4, -0.2) is 9.55 Å². The van der Waals surface area contributed by atoms with Crippen molar-refractivity contribution in [2.45, 2.75) is 0 Å². The van der Waals surface area contributed by atoms with Gasteiger partial charge in [0.15, 0.2) is 0 Å². The van der Waals surface area contributed by atoms with Gasteiger partial charge >= 0.3 is 0 Å². The van der Waals surface area contributed by atoms with Gasteiger partial charge in [-0.15, -0.1) is 0 Å². The predicted molar refractivity (Wildman–Crippen MR) is 48.6 cm³/mol. The molecular weight excluding hydrogens is 148 g/mol. The van der Waals surface area contributed by atoms with E-state index in [1.54, 1.807) is 10.9 Å². The van der Waals surface area contributed by atoms with Gasteiger partial charge in [-0.3, -0.25) is 0 Å². The summed E-state index contributed by atoms with van der Waals surface area (Å²) in [6.07, 6.45) is 2.11. The van der Waals surface area contributed by atoms with Gasteiger partial charge in [0.1, 0.15) is 0 Å². The third kappa shape index (κ3) is 1.23. The first-order valence-corrected chi connectivity index (χ1v) is 3.82. The zero-order chi connectivity index (χ0) is 9.26. The number of rotatable bonds is 1. The lowest BCUT2D eigenvalue weighted by Gasteiger charge is -1.92. The van der Waals surface area contributed by atoms with E-state index in [1.165, 1.54) is 0 Å². The second-order valence-corrected chi connectivity index (χ2v) is 2.68. The molecule has 1 aromatic heterocycles. The molecule has 0 aliphatic heterocycles. The van der Waals surface area contributed by atoms with E-state index in [2.05, 4.69) is 4.98 Å². The van der Waals surface area contributed by atoms with Crippen LogP contribution < -0.4 is 0 Å². The van der Waals surface area contributed by atoms with Crippen molar-refractivity contribution in [3.8, 4) is 11.3 Å². The fraction of sp³-hybridized carbons (Fsp3) is 0.100. The summed E-state index contributed by atoms with van der Waals surface area (Å²) in [6.45, 7) is 0. The Kier molecular flexibility index (Phi) is 1.41. The first-order chi connectivity index (χ1) is 6.29. The zero-order valence-electron chi connectivity index (χ0n) is 7.86. The fourth-order valence-corrected chi connectivity index (χ4v) is 1.10. The molecule has 1 heterocycles. The summed E-state index contributed by atoms with van der Waals surface area (Å²) in [5.41, 5.74) is 1.73. The molecule has 0 aliphatic rings. The van der Waals surface area contributed by atoms with Crippen molar-refractivity contribution in [1.29, 1.82) is 0 Å². The summed E-state index contributed by atoms with van der Waals surface area (Å²) in [7, 11) is 1.82. The molecular formula is C10H10N2. The highest BCUT2D eigenvalue weighted by Gasteiger charge is 1.97. The monoisotopic (exact) mass is 159 g/mol. The Hall–Kier alpha value is -1.57. The van der Waals surface area contributed by atoms with Gasteiger partial charge in [0.2, 0.25) is 0 Å². The molecule has 12 heavy (non-hydrogen) atoms. The van der Waals surface area contributed by atoms with Crippen LogP contribution >= 0.6 is 0 Å². The smallest absolute Gasteiger partial charge is 0.0951 e. The Morgan fingerprint density at radius 2 is 2.08 bits per heavy atom. The Balaban J connectivity index is 2.53. The third-order valence-corrected chi connectivity index (χ3v) is 1.69. The molecule has 0 N–H and O–H groups in total. The molecule has 2 aromatic rings. The highest BCUT2D eigenvalue weighted by molar-refractivity contribution is 5.57. The lowest BCUT2D eigenvalue weighted by Crippen LogP contribution is -1.78. The lowest BCUT2D eigenvalue weighted by molar-refractivity contribution is 0.913. The van der Waals surface area contributed by atoms with E-state index < -0.39 is 0 Å². The molecule has 0 atom stereocenters. The van der Waals surface area contributed by atoms with Crippen molar-refractivity contribution in [1.82, 2.24) is 9.55 Å². The van der Waals surface area contributed by atoms with Gasteiger partial charge in [-0.1, -0.05) is 30.3 Å². The van der Waals surface area contributed by atoms with E-state index >= 15 is 0 Å². The highest BCUT2D eigenvalue weighted by Crippen LogP contribution is 2.14. The van der Waals surface area contributed by atoms with Crippen LogP contribution in [-0.2, 0) is 7.05 Å². The molecule has 0 spiro atoms. The zero-order valence-corrected chi connectivity index (χ0v) is 6.86. The first kappa shape index (κ1) is 6.00. The van der Waals surface area contributed by atoms with Crippen molar-refractivity contribution < 1.29 is 1.37 Å². The number of nitrogens with zero attached hydrogens (tertiary/aromatic N) is 2. The number of benzene rings is 1. The maximum atomic E-state index is 7.71. The van der Waals surface area contributed by atoms with Crippen LogP contribution in [0.4, 0.5) is 0 Å². The summed E-state index contributed by atoms with van der Waals surface area (Å²) in [4.78, 5) is 4.16. The summed E-state index contributed by atoms with van der Waals surface area (Å²) in [5.74, 6) is 0.